The van der Waals surface area contributed by atoms with Crippen molar-refractivity contribution in [1.29, 1.82) is 0 Å². The first kappa shape index (κ1) is 14.9. The maximum Gasteiger partial charge on any atom is 0.319 e. The van der Waals surface area contributed by atoms with Crippen LogP contribution < -0.4 is 10.6 Å². The summed E-state index contributed by atoms with van der Waals surface area (Å²) in [5.74, 6) is -2.28. The smallest absolute Gasteiger partial charge is 0.319 e. The second-order valence-electron chi connectivity index (χ2n) is 4.50. The number of carbonyl (C=O) groups excluding carboxylic acids is 1. The number of aryl methyl sites for hydroxylation is 1. The molecule has 0 aliphatic heterocycles. The molecule has 2 amide bonds. The van der Waals surface area contributed by atoms with Crippen LogP contribution in [-0.2, 0) is 4.79 Å². The number of carboxylic acid groups (broad SMARTS) is 1. The fourth-order valence-corrected chi connectivity index (χ4v) is 1.44. The summed E-state index contributed by atoms with van der Waals surface area (Å²) < 4.78 is 13.4. The molecule has 0 radical (unpaired) electrons. The number of carboxylic acids is 1. The van der Waals surface area contributed by atoms with E-state index in [-0.39, 0.29) is 5.69 Å². The zero-order valence-corrected chi connectivity index (χ0v) is 11.0. The highest BCUT2D eigenvalue weighted by atomic mass is 19.1. The van der Waals surface area contributed by atoms with Gasteiger partial charge in [-0.15, -0.1) is 0 Å². The number of urea groups is 1. The van der Waals surface area contributed by atoms with Crippen molar-refractivity contribution >= 4 is 17.7 Å². The van der Waals surface area contributed by atoms with E-state index in [1.54, 1.807) is 19.9 Å². The van der Waals surface area contributed by atoms with Crippen LogP contribution in [0.4, 0.5) is 14.9 Å². The van der Waals surface area contributed by atoms with Crippen molar-refractivity contribution in [3.8, 4) is 0 Å². The maximum absolute atomic E-state index is 13.4. The normalized spacial score (nSPS) is 13.5. The molecule has 0 saturated carbocycles. The Bertz CT molecular complexity index is 491. The number of aliphatic carboxylic acids is 1. The van der Waals surface area contributed by atoms with Crippen molar-refractivity contribution < 1.29 is 19.1 Å². The van der Waals surface area contributed by atoms with E-state index in [9.17, 15) is 14.0 Å². The summed E-state index contributed by atoms with van der Waals surface area (Å²) in [4.78, 5) is 22.4. The van der Waals surface area contributed by atoms with E-state index < -0.39 is 29.8 Å². The summed E-state index contributed by atoms with van der Waals surface area (Å²) in [6, 6.07) is 3.15. The highest BCUT2D eigenvalue weighted by Crippen LogP contribution is 2.15. The van der Waals surface area contributed by atoms with E-state index >= 15 is 0 Å². The van der Waals surface area contributed by atoms with Crippen molar-refractivity contribution in [2.75, 3.05) is 5.32 Å². The van der Waals surface area contributed by atoms with Crippen molar-refractivity contribution in [2.45, 2.75) is 26.8 Å². The van der Waals surface area contributed by atoms with Gasteiger partial charge in [-0.3, -0.25) is 4.79 Å². The molecular weight excluding hydrogens is 251 g/mol. The van der Waals surface area contributed by atoms with Crippen molar-refractivity contribution in [1.82, 2.24) is 5.32 Å². The van der Waals surface area contributed by atoms with E-state index in [2.05, 4.69) is 10.6 Å². The first-order valence-electron chi connectivity index (χ1n) is 5.87. The molecular formula is C13H17FN2O3. The summed E-state index contributed by atoms with van der Waals surface area (Å²) in [5.41, 5.74) is 0.872. The molecule has 0 aliphatic carbocycles. The second-order valence-corrected chi connectivity index (χ2v) is 4.50. The van der Waals surface area contributed by atoms with Crippen LogP contribution in [0.3, 0.4) is 0 Å². The summed E-state index contributed by atoms with van der Waals surface area (Å²) >= 11 is 0. The summed E-state index contributed by atoms with van der Waals surface area (Å²) in [6.45, 7) is 4.84. The molecule has 0 aromatic heterocycles. The molecule has 1 aromatic rings. The predicted molar refractivity (Wildman–Crippen MR) is 69.6 cm³/mol. The summed E-state index contributed by atoms with van der Waals surface area (Å²) in [5, 5.41) is 13.6. The standard InChI is InChI=1S/C13H17FN2O3/c1-7-4-5-10(14)11(6-7)16-13(19)15-9(3)8(2)12(17)18/h4-6,8-9H,1-3H3,(H,17,18)(H2,15,16,19). The van der Waals surface area contributed by atoms with E-state index in [4.69, 9.17) is 5.11 Å². The van der Waals surface area contributed by atoms with Crippen molar-refractivity contribution in [2.24, 2.45) is 5.92 Å². The van der Waals surface area contributed by atoms with Gasteiger partial charge in [-0.1, -0.05) is 6.07 Å². The van der Waals surface area contributed by atoms with Crippen LogP contribution in [0.2, 0.25) is 0 Å². The van der Waals surface area contributed by atoms with Gasteiger partial charge in [0.25, 0.3) is 0 Å². The van der Waals surface area contributed by atoms with Crippen LogP contribution in [0.15, 0.2) is 18.2 Å². The fourth-order valence-electron chi connectivity index (χ4n) is 1.44. The van der Waals surface area contributed by atoms with Gasteiger partial charge in [0.2, 0.25) is 0 Å². The van der Waals surface area contributed by atoms with Gasteiger partial charge >= 0.3 is 12.0 Å². The molecule has 0 saturated heterocycles. The number of hydrogen-bond donors (Lipinski definition) is 3. The lowest BCUT2D eigenvalue weighted by Gasteiger charge is -2.18. The zero-order valence-electron chi connectivity index (χ0n) is 11.0. The highest BCUT2D eigenvalue weighted by molar-refractivity contribution is 5.90. The average molecular weight is 268 g/mol. The molecule has 6 heteroatoms. The molecule has 0 aliphatic rings. The lowest BCUT2D eigenvalue weighted by atomic mass is 10.0. The van der Waals surface area contributed by atoms with E-state index in [0.29, 0.717) is 0 Å². The van der Waals surface area contributed by atoms with E-state index in [1.807, 2.05) is 0 Å². The lowest BCUT2D eigenvalue weighted by molar-refractivity contribution is -0.141. The Hall–Kier alpha value is -2.11. The van der Waals surface area contributed by atoms with Crippen LogP contribution in [-0.4, -0.2) is 23.1 Å². The first-order chi connectivity index (χ1) is 8.81. The van der Waals surface area contributed by atoms with Gasteiger partial charge in [-0.25, -0.2) is 9.18 Å². The summed E-state index contributed by atoms with van der Waals surface area (Å²) in [7, 11) is 0. The molecule has 2 atom stereocenters. The van der Waals surface area contributed by atoms with Gasteiger partial charge in [0.05, 0.1) is 11.6 Å². The third-order valence-electron chi connectivity index (χ3n) is 2.87. The SMILES string of the molecule is Cc1ccc(F)c(NC(=O)NC(C)C(C)C(=O)O)c1. The Morgan fingerprint density at radius 1 is 1.32 bits per heavy atom. The minimum atomic E-state index is -1.01. The average Bonchev–Trinajstić information content (AvgIpc) is 2.32. The second kappa shape index (κ2) is 6.17. The van der Waals surface area contributed by atoms with Crippen LogP contribution >= 0.6 is 0 Å². The number of halogens is 1. The lowest BCUT2D eigenvalue weighted by Crippen LogP contribution is -2.42. The quantitative estimate of drug-likeness (QED) is 0.784. The molecule has 2 unspecified atom stereocenters. The Morgan fingerprint density at radius 2 is 1.95 bits per heavy atom. The van der Waals surface area contributed by atoms with E-state index in [0.717, 1.165) is 5.56 Å². The molecule has 5 nitrogen and oxygen atoms in total. The van der Waals surface area contributed by atoms with Gasteiger partial charge in [0.15, 0.2) is 0 Å². The number of nitrogens with one attached hydrogen (secondary N) is 2. The van der Waals surface area contributed by atoms with Crippen LogP contribution in [0.5, 0.6) is 0 Å². The number of amides is 2. The third-order valence-corrected chi connectivity index (χ3v) is 2.87. The minimum Gasteiger partial charge on any atom is -0.481 e. The predicted octanol–water partition coefficient (Wildman–Crippen LogP) is 2.36. The Kier molecular flexibility index (Phi) is 4.86. The molecule has 0 spiro atoms. The van der Waals surface area contributed by atoms with E-state index in [1.165, 1.54) is 19.1 Å². The molecule has 104 valence electrons. The molecule has 1 rings (SSSR count). The van der Waals surface area contributed by atoms with Crippen molar-refractivity contribution in [3.05, 3.63) is 29.6 Å². The number of carbonyl (C=O) groups is 2. The van der Waals surface area contributed by atoms with Gasteiger partial charge in [0, 0.05) is 6.04 Å². The molecule has 0 fully saturated rings. The fraction of sp³-hybridized carbons (Fsp3) is 0.385. The highest BCUT2D eigenvalue weighted by Gasteiger charge is 2.21. The Balaban J connectivity index is 2.65. The third kappa shape index (κ3) is 4.24. The maximum atomic E-state index is 13.4. The molecule has 1 aromatic carbocycles. The van der Waals surface area contributed by atoms with Gasteiger partial charge < -0.3 is 15.7 Å². The number of rotatable bonds is 4. The van der Waals surface area contributed by atoms with Gasteiger partial charge in [-0.2, -0.15) is 0 Å². The number of benzene rings is 1. The van der Waals surface area contributed by atoms with Gasteiger partial charge in [0.1, 0.15) is 5.82 Å². The summed E-state index contributed by atoms with van der Waals surface area (Å²) in [6.07, 6.45) is 0. The number of hydrogen-bond acceptors (Lipinski definition) is 2. The molecule has 0 bridgehead atoms. The van der Waals surface area contributed by atoms with Crippen LogP contribution in [0.1, 0.15) is 19.4 Å². The largest absolute Gasteiger partial charge is 0.481 e. The molecule has 19 heavy (non-hydrogen) atoms. The Morgan fingerprint density at radius 3 is 2.53 bits per heavy atom. The number of anilines is 1. The van der Waals surface area contributed by atoms with Crippen LogP contribution in [0, 0.1) is 18.7 Å². The van der Waals surface area contributed by atoms with Crippen LogP contribution in [0.25, 0.3) is 0 Å². The molecule has 3 N–H and O–H groups in total. The first-order valence-corrected chi connectivity index (χ1v) is 5.87. The topological polar surface area (TPSA) is 78.4 Å². The minimum absolute atomic E-state index is 0.0627. The monoisotopic (exact) mass is 268 g/mol. The zero-order chi connectivity index (χ0) is 14.6. The Labute approximate surface area is 110 Å². The van der Waals surface area contributed by atoms with Crippen molar-refractivity contribution in [3.63, 3.8) is 0 Å². The molecule has 0 heterocycles. The van der Waals surface area contributed by atoms with Gasteiger partial charge in [-0.05, 0) is 38.5 Å².